The second-order valence-corrected chi connectivity index (χ2v) is 9.23. The van der Waals surface area contributed by atoms with Gasteiger partial charge >= 0.3 is 12.7 Å². The van der Waals surface area contributed by atoms with Crippen LogP contribution in [0.25, 0.3) is 0 Å². The molecule has 0 saturated carbocycles. The van der Waals surface area contributed by atoms with Gasteiger partial charge in [-0.25, -0.2) is 0 Å². The highest BCUT2D eigenvalue weighted by molar-refractivity contribution is 7.91. The fourth-order valence-corrected chi connectivity index (χ4v) is 2.89. The van der Waals surface area contributed by atoms with Gasteiger partial charge in [0.15, 0.2) is 0 Å². The second-order valence-electron chi connectivity index (χ2n) is 6.92. The molecule has 0 aliphatic heterocycles. The minimum atomic E-state index is -4.97. The monoisotopic (exact) mass is 488 g/mol. The van der Waals surface area contributed by atoms with Gasteiger partial charge in [0.25, 0.3) is 0 Å². The number of alkyl halides is 6. The van der Waals surface area contributed by atoms with Gasteiger partial charge in [0.05, 0.1) is 16.9 Å². The summed E-state index contributed by atoms with van der Waals surface area (Å²) in [6.07, 6.45) is -9.11. The van der Waals surface area contributed by atoms with Crippen LogP contribution in [0.15, 0.2) is 40.9 Å². The lowest BCUT2D eigenvalue weighted by Crippen LogP contribution is -2.27. The maximum absolute atomic E-state index is 12.5. The highest BCUT2D eigenvalue weighted by Crippen LogP contribution is 2.32. The number of nitrogens with zero attached hydrogens (tertiary/aromatic N) is 2. The van der Waals surface area contributed by atoms with Crippen molar-refractivity contribution in [3.05, 3.63) is 52.8 Å². The SMILES string of the molecule is CC(C)(C)[S+]([O-])N=C(c1ccc(OC(F)(F)F)c(Cl)c1)c1ccc(OC(F)(F)F)cn1. The van der Waals surface area contributed by atoms with Crippen molar-refractivity contribution in [3.8, 4) is 11.5 Å². The third kappa shape index (κ3) is 7.78. The normalized spacial score (nSPS) is 14.4. The van der Waals surface area contributed by atoms with Gasteiger partial charge in [-0.1, -0.05) is 16.0 Å². The van der Waals surface area contributed by atoms with Crippen molar-refractivity contribution in [2.75, 3.05) is 0 Å². The van der Waals surface area contributed by atoms with Crippen molar-refractivity contribution >= 4 is 28.7 Å². The fraction of sp³-hybridized carbons (Fsp3) is 0.333. The number of aromatic nitrogens is 1. The van der Waals surface area contributed by atoms with E-state index in [1.54, 1.807) is 20.8 Å². The van der Waals surface area contributed by atoms with Crippen LogP contribution in [-0.4, -0.2) is 32.7 Å². The van der Waals surface area contributed by atoms with Crippen molar-refractivity contribution in [1.29, 1.82) is 0 Å². The zero-order valence-electron chi connectivity index (χ0n) is 16.1. The Kier molecular flexibility index (Phi) is 7.39. The number of benzene rings is 1. The largest absolute Gasteiger partial charge is 0.591 e. The van der Waals surface area contributed by atoms with Crippen molar-refractivity contribution in [1.82, 2.24) is 4.98 Å². The highest BCUT2D eigenvalue weighted by atomic mass is 35.5. The van der Waals surface area contributed by atoms with Crippen LogP contribution in [0.1, 0.15) is 32.0 Å². The molecule has 0 spiro atoms. The molecule has 1 atom stereocenters. The number of hydrogen-bond donors (Lipinski definition) is 0. The molecule has 170 valence electrons. The maximum Gasteiger partial charge on any atom is 0.573 e. The lowest BCUT2D eigenvalue weighted by Gasteiger charge is -2.19. The molecule has 13 heteroatoms. The Balaban J connectivity index is 2.50. The Morgan fingerprint density at radius 3 is 2.06 bits per heavy atom. The van der Waals surface area contributed by atoms with Gasteiger partial charge in [0.1, 0.15) is 33.3 Å². The maximum atomic E-state index is 12.5. The van der Waals surface area contributed by atoms with Crippen molar-refractivity contribution in [2.24, 2.45) is 4.40 Å². The zero-order chi connectivity index (χ0) is 23.6. The molecule has 0 amide bonds. The van der Waals surface area contributed by atoms with E-state index in [4.69, 9.17) is 11.6 Å². The average molecular weight is 489 g/mol. The Labute approximate surface area is 181 Å². The van der Waals surface area contributed by atoms with E-state index in [9.17, 15) is 30.9 Å². The standard InChI is InChI=1S/C18H15ClF6N2O3S/c1-16(2,3)31(28)27-15(13-6-5-11(9-26-13)29-17(20,21)22)10-4-7-14(12(19)8-10)30-18(23,24)25/h4-9H,1-3H3. The Hall–Kier alpha value is -2.18. The molecule has 1 unspecified atom stereocenters. The molecule has 31 heavy (non-hydrogen) atoms. The number of hydrogen-bond acceptors (Lipinski definition) is 5. The summed E-state index contributed by atoms with van der Waals surface area (Å²) < 4.78 is 97.8. The number of rotatable bonds is 5. The van der Waals surface area contributed by atoms with Gasteiger partial charge in [-0.3, -0.25) is 4.98 Å². The summed E-state index contributed by atoms with van der Waals surface area (Å²) in [5.41, 5.74) is 0.0501. The molecule has 0 saturated heterocycles. The predicted molar refractivity (Wildman–Crippen MR) is 103 cm³/mol. The van der Waals surface area contributed by atoms with Gasteiger partial charge in [-0.2, -0.15) is 0 Å². The van der Waals surface area contributed by atoms with Crippen LogP contribution in [0.3, 0.4) is 0 Å². The lowest BCUT2D eigenvalue weighted by atomic mass is 10.1. The molecule has 0 aliphatic carbocycles. The molecule has 0 bridgehead atoms. The first-order chi connectivity index (χ1) is 14.0. The first kappa shape index (κ1) is 25.1. The molecular weight excluding hydrogens is 474 g/mol. The van der Waals surface area contributed by atoms with Gasteiger partial charge in [0, 0.05) is 5.56 Å². The molecule has 0 N–H and O–H groups in total. The first-order valence-corrected chi connectivity index (χ1v) is 9.82. The van der Waals surface area contributed by atoms with Crippen molar-refractivity contribution < 1.29 is 40.4 Å². The molecule has 1 aromatic carbocycles. The van der Waals surface area contributed by atoms with E-state index in [0.717, 1.165) is 30.5 Å². The summed E-state index contributed by atoms with van der Waals surface area (Å²) in [4.78, 5) is 3.84. The number of pyridine rings is 1. The third-order valence-electron chi connectivity index (χ3n) is 3.34. The van der Waals surface area contributed by atoms with Crippen LogP contribution in [-0.2, 0) is 11.4 Å². The molecule has 1 aromatic heterocycles. The summed E-state index contributed by atoms with van der Waals surface area (Å²) in [5, 5.41) is -0.416. The molecule has 0 aliphatic rings. The molecular formula is C18H15ClF6N2O3S. The summed E-state index contributed by atoms with van der Waals surface area (Å²) in [6.45, 7) is 4.89. The average Bonchev–Trinajstić information content (AvgIpc) is 2.59. The molecule has 2 rings (SSSR count). The van der Waals surface area contributed by atoms with E-state index in [2.05, 4.69) is 18.9 Å². The van der Waals surface area contributed by atoms with Crippen LogP contribution in [0, 0.1) is 0 Å². The minimum absolute atomic E-state index is 0.00678. The summed E-state index contributed by atoms with van der Waals surface area (Å²) in [5.74, 6) is -1.27. The van der Waals surface area contributed by atoms with Gasteiger partial charge in [-0.15, -0.1) is 26.3 Å². The Bertz CT molecular complexity index is 943. The lowest BCUT2D eigenvalue weighted by molar-refractivity contribution is -0.275. The van der Waals surface area contributed by atoms with Crippen molar-refractivity contribution in [2.45, 2.75) is 38.2 Å². The Morgan fingerprint density at radius 1 is 1.00 bits per heavy atom. The molecule has 0 fully saturated rings. The second kappa shape index (κ2) is 9.13. The first-order valence-electron chi connectivity index (χ1n) is 8.34. The van der Waals surface area contributed by atoms with Crippen LogP contribution in [0.4, 0.5) is 26.3 Å². The summed E-state index contributed by atoms with van der Waals surface area (Å²) >= 11 is 4.03. The van der Waals surface area contributed by atoms with E-state index in [-0.39, 0.29) is 17.0 Å². The molecule has 1 heterocycles. The van der Waals surface area contributed by atoms with E-state index < -0.39 is 45.4 Å². The van der Waals surface area contributed by atoms with Crippen LogP contribution in [0.5, 0.6) is 11.5 Å². The van der Waals surface area contributed by atoms with E-state index in [1.807, 2.05) is 0 Å². The zero-order valence-corrected chi connectivity index (χ0v) is 17.7. The topological polar surface area (TPSA) is 66.8 Å². The number of halogens is 7. The molecule has 0 radical (unpaired) electrons. The van der Waals surface area contributed by atoms with Gasteiger partial charge in [0.2, 0.25) is 0 Å². The smallest absolute Gasteiger partial charge is 0.573 e. The van der Waals surface area contributed by atoms with Crippen LogP contribution < -0.4 is 9.47 Å². The summed E-state index contributed by atoms with van der Waals surface area (Å²) in [7, 11) is 0. The van der Waals surface area contributed by atoms with Gasteiger partial charge < -0.3 is 14.0 Å². The molecule has 2 aromatic rings. The third-order valence-corrected chi connectivity index (χ3v) is 5.03. The number of ether oxygens (including phenoxy) is 2. The minimum Gasteiger partial charge on any atom is -0.591 e. The quantitative estimate of drug-likeness (QED) is 0.302. The predicted octanol–water partition coefficient (Wildman–Crippen LogP) is 5.83. The highest BCUT2D eigenvalue weighted by Gasteiger charge is 2.33. The fourth-order valence-electron chi connectivity index (χ4n) is 2.04. The Morgan fingerprint density at radius 2 is 1.61 bits per heavy atom. The van der Waals surface area contributed by atoms with Crippen LogP contribution in [0.2, 0.25) is 5.02 Å². The van der Waals surface area contributed by atoms with Gasteiger partial charge in [-0.05, 0) is 51.1 Å². The van der Waals surface area contributed by atoms with Crippen molar-refractivity contribution in [3.63, 3.8) is 0 Å². The molecule has 5 nitrogen and oxygen atoms in total. The summed E-state index contributed by atoms with van der Waals surface area (Å²) in [6, 6.07) is 5.29. The van der Waals surface area contributed by atoms with Crippen LogP contribution >= 0.6 is 11.6 Å². The van der Waals surface area contributed by atoms with E-state index >= 15 is 0 Å². The van der Waals surface area contributed by atoms with E-state index in [0.29, 0.717) is 0 Å². The van der Waals surface area contributed by atoms with E-state index in [1.165, 1.54) is 6.07 Å².